The number of H-pyrrole nitrogens is 1. The Kier molecular flexibility index (Phi) is 5.69. The number of carbonyl (C=O) groups is 1. The van der Waals surface area contributed by atoms with E-state index in [4.69, 9.17) is 0 Å². The highest BCUT2D eigenvalue weighted by atomic mass is 19.4. The number of hydrogen-bond donors (Lipinski definition) is 3. The third-order valence-electron chi connectivity index (χ3n) is 4.39. The van der Waals surface area contributed by atoms with Gasteiger partial charge in [-0.25, -0.2) is 0 Å². The van der Waals surface area contributed by atoms with Gasteiger partial charge in [0.25, 0.3) is 5.91 Å². The van der Waals surface area contributed by atoms with Crippen LogP contribution in [-0.4, -0.2) is 32.4 Å². The monoisotopic (exact) mass is 404 g/mol. The molecule has 3 N–H and O–H groups in total. The number of carbonyl (C=O) groups excluding carboxylic acids is 1. The van der Waals surface area contributed by atoms with Gasteiger partial charge in [0, 0.05) is 23.5 Å². The van der Waals surface area contributed by atoms with Crippen molar-refractivity contribution in [2.24, 2.45) is 0 Å². The lowest BCUT2D eigenvalue weighted by Gasteiger charge is -2.18. The van der Waals surface area contributed by atoms with Gasteiger partial charge in [0.05, 0.1) is 17.4 Å². The predicted octanol–water partition coefficient (Wildman–Crippen LogP) is 3.87. The molecule has 0 saturated heterocycles. The van der Waals surface area contributed by atoms with Gasteiger partial charge in [-0.2, -0.15) is 18.3 Å². The summed E-state index contributed by atoms with van der Waals surface area (Å²) >= 11 is 0. The van der Waals surface area contributed by atoms with Crippen molar-refractivity contribution in [2.75, 3.05) is 0 Å². The minimum atomic E-state index is -4.86. The molecule has 152 valence electrons. The van der Waals surface area contributed by atoms with Gasteiger partial charge < -0.3 is 10.4 Å². The summed E-state index contributed by atoms with van der Waals surface area (Å²) in [6.45, 7) is 3.54. The van der Waals surface area contributed by atoms with Gasteiger partial charge in [0.1, 0.15) is 0 Å². The summed E-state index contributed by atoms with van der Waals surface area (Å²) in [4.78, 5) is 16.9. The van der Waals surface area contributed by atoms with E-state index >= 15 is 0 Å². The lowest BCUT2D eigenvalue weighted by Crippen LogP contribution is -2.27. The third kappa shape index (κ3) is 4.80. The second kappa shape index (κ2) is 8.04. The number of aryl methyl sites for hydroxylation is 1. The van der Waals surface area contributed by atoms with E-state index in [0.29, 0.717) is 17.0 Å². The Balaban J connectivity index is 1.99. The van der Waals surface area contributed by atoms with Crippen LogP contribution in [0.3, 0.4) is 0 Å². The van der Waals surface area contributed by atoms with Gasteiger partial charge in [-0.3, -0.25) is 14.9 Å². The van der Waals surface area contributed by atoms with Gasteiger partial charge in [0.2, 0.25) is 0 Å². The van der Waals surface area contributed by atoms with Crippen LogP contribution in [-0.2, 0) is 0 Å². The molecule has 0 aliphatic heterocycles. The Morgan fingerprint density at radius 3 is 2.55 bits per heavy atom. The fourth-order valence-corrected chi connectivity index (χ4v) is 2.78. The summed E-state index contributed by atoms with van der Waals surface area (Å²) in [5.41, 5.74) is 1.76. The van der Waals surface area contributed by atoms with E-state index < -0.39 is 29.8 Å². The number of rotatable bonds is 5. The quantitative estimate of drug-likeness (QED) is 0.602. The van der Waals surface area contributed by atoms with Gasteiger partial charge in [-0.15, -0.1) is 0 Å². The first-order valence-electron chi connectivity index (χ1n) is 8.78. The Bertz CT molecular complexity index is 986. The molecule has 2 atom stereocenters. The number of halogens is 3. The van der Waals surface area contributed by atoms with Crippen LogP contribution in [0.1, 0.15) is 46.2 Å². The molecule has 1 unspecified atom stereocenters. The highest BCUT2D eigenvalue weighted by Gasteiger charge is 2.39. The van der Waals surface area contributed by atoms with Crippen LogP contribution in [0.25, 0.3) is 11.3 Å². The van der Waals surface area contributed by atoms with Crippen molar-refractivity contribution in [1.82, 2.24) is 20.5 Å². The molecule has 0 aliphatic carbocycles. The molecule has 29 heavy (non-hydrogen) atoms. The maximum absolute atomic E-state index is 13.1. The molecule has 0 spiro atoms. The van der Waals surface area contributed by atoms with Crippen molar-refractivity contribution in [1.29, 1.82) is 0 Å². The zero-order chi connectivity index (χ0) is 21.2. The van der Waals surface area contributed by atoms with Crippen LogP contribution < -0.4 is 5.32 Å². The van der Waals surface area contributed by atoms with Crippen molar-refractivity contribution < 1.29 is 23.1 Å². The van der Waals surface area contributed by atoms with Crippen molar-refractivity contribution in [3.05, 3.63) is 71.2 Å². The summed E-state index contributed by atoms with van der Waals surface area (Å²) in [5, 5.41) is 18.9. The molecule has 9 heteroatoms. The number of aromatic amines is 1. The van der Waals surface area contributed by atoms with E-state index in [9.17, 15) is 23.1 Å². The number of aromatic nitrogens is 3. The smallest absolute Gasteiger partial charge is 0.379 e. The second-order valence-corrected chi connectivity index (χ2v) is 6.72. The number of benzene rings is 1. The molecule has 0 saturated carbocycles. The summed E-state index contributed by atoms with van der Waals surface area (Å²) in [6.07, 6.45) is -4.48. The minimum absolute atomic E-state index is 0.0189. The fourth-order valence-electron chi connectivity index (χ4n) is 2.78. The molecular weight excluding hydrogens is 385 g/mol. The molecule has 2 aromatic heterocycles. The van der Waals surface area contributed by atoms with E-state index in [1.807, 2.05) is 6.92 Å². The first-order valence-corrected chi connectivity index (χ1v) is 8.78. The zero-order valence-electron chi connectivity index (χ0n) is 15.7. The van der Waals surface area contributed by atoms with E-state index in [1.165, 1.54) is 18.3 Å². The molecule has 2 heterocycles. The molecule has 3 rings (SSSR count). The van der Waals surface area contributed by atoms with Crippen molar-refractivity contribution in [2.45, 2.75) is 32.2 Å². The van der Waals surface area contributed by atoms with Crippen LogP contribution in [0, 0.1) is 6.92 Å². The van der Waals surface area contributed by atoms with Gasteiger partial charge in [-0.1, -0.05) is 6.07 Å². The Labute approximate surface area is 164 Å². The summed E-state index contributed by atoms with van der Waals surface area (Å²) in [7, 11) is 0. The van der Waals surface area contributed by atoms with Crippen molar-refractivity contribution >= 4 is 5.91 Å². The van der Waals surface area contributed by atoms with Crippen LogP contribution >= 0.6 is 0 Å². The standard InChI is InChI=1S/C20H19F3N4O2/c1-11-3-4-17(24-10-11)13-7-14(18(28)20(21,22)23)9-15(8-13)19(29)26-12(2)16-5-6-25-27-16/h3-10,12,18,28H,1-2H3,(H,25,27)(H,26,29)/t12-,18?/m1/s1. The zero-order valence-corrected chi connectivity index (χ0v) is 15.7. The number of aliphatic hydroxyl groups is 1. The largest absolute Gasteiger partial charge is 0.418 e. The van der Waals surface area contributed by atoms with E-state index in [2.05, 4.69) is 20.5 Å². The average molecular weight is 404 g/mol. The maximum atomic E-state index is 13.1. The van der Waals surface area contributed by atoms with Crippen LogP contribution in [0.2, 0.25) is 0 Å². The van der Waals surface area contributed by atoms with E-state index in [-0.39, 0.29) is 5.56 Å². The Morgan fingerprint density at radius 1 is 1.21 bits per heavy atom. The Morgan fingerprint density at radius 2 is 1.97 bits per heavy atom. The van der Waals surface area contributed by atoms with Crippen molar-refractivity contribution in [3.8, 4) is 11.3 Å². The number of aliphatic hydroxyl groups excluding tert-OH is 1. The number of alkyl halides is 3. The molecule has 0 radical (unpaired) electrons. The van der Waals surface area contributed by atoms with E-state index in [0.717, 1.165) is 11.6 Å². The van der Waals surface area contributed by atoms with Crippen molar-refractivity contribution in [3.63, 3.8) is 0 Å². The average Bonchev–Trinajstić information content (AvgIpc) is 3.22. The van der Waals surface area contributed by atoms with Crippen LogP contribution in [0.5, 0.6) is 0 Å². The third-order valence-corrected chi connectivity index (χ3v) is 4.39. The van der Waals surface area contributed by atoms with E-state index in [1.54, 1.807) is 31.3 Å². The second-order valence-electron chi connectivity index (χ2n) is 6.72. The number of nitrogens with one attached hydrogen (secondary N) is 2. The van der Waals surface area contributed by atoms with Crippen LogP contribution in [0.15, 0.2) is 48.8 Å². The first-order chi connectivity index (χ1) is 13.6. The minimum Gasteiger partial charge on any atom is -0.379 e. The fraction of sp³-hybridized carbons (Fsp3) is 0.250. The number of amides is 1. The summed E-state index contributed by atoms with van der Waals surface area (Å²) < 4.78 is 39.2. The summed E-state index contributed by atoms with van der Waals surface area (Å²) in [6, 6.07) is 8.30. The lowest BCUT2D eigenvalue weighted by molar-refractivity contribution is -0.206. The molecule has 0 fully saturated rings. The molecule has 0 bridgehead atoms. The predicted molar refractivity (Wildman–Crippen MR) is 99.9 cm³/mol. The first kappa shape index (κ1) is 20.5. The molecule has 1 amide bonds. The van der Waals surface area contributed by atoms with Gasteiger partial charge >= 0.3 is 6.18 Å². The number of pyridine rings is 1. The number of hydrogen-bond acceptors (Lipinski definition) is 4. The topological polar surface area (TPSA) is 90.9 Å². The highest BCUT2D eigenvalue weighted by Crippen LogP contribution is 2.35. The SMILES string of the molecule is Cc1ccc(-c2cc(C(=O)N[C@H](C)c3ccn[nH]3)cc(C(O)C(F)(F)F)c2)nc1. The molecule has 1 aromatic carbocycles. The maximum Gasteiger partial charge on any atom is 0.418 e. The Hall–Kier alpha value is -3.20. The lowest BCUT2D eigenvalue weighted by atomic mass is 9.98. The normalized spacial score (nSPS) is 13.7. The molecular formula is C20H19F3N4O2. The molecule has 6 nitrogen and oxygen atoms in total. The molecule has 0 aliphatic rings. The van der Waals surface area contributed by atoms with Gasteiger partial charge in [0.15, 0.2) is 6.10 Å². The van der Waals surface area contributed by atoms with Gasteiger partial charge in [-0.05, 0) is 55.3 Å². The van der Waals surface area contributed by atoms with Crippen LogP contribution in [0.4, 0.5) is 13.2 Å². The highest BCUT2D eigenvalue weighted by molar-refractivity contribution is 5.96. The number of nitrogens with zero attached hydrogens (tertiary/aromatic N) is 2. The summed E-state index contributed by atoms with van der Waals surface area (Å²) in [5.74, 6) is -0.586. The molecule has 3 aromatic rings.